The van der Waals surface area contributed by atoms with E-state index in [4.69, 9.17) is 4.42 Å². The lowest BCUT2D eigenvalue weighted by atomic mass is 9.82. The summed E-state index contributed by atoms with van der Waals surface area (Å²) in [6, 6.07) is 7.95. The van der Waals surface area contributed by atoms with Crippen molar-refractivity contribution >= 4 is 28.7 Å². The van der Waals surface area contributed by atoms with Crippen LogP contribution in [0.15, 0.2) is 29.2 Å². The number of anilines is 1. The molecule has 2 aromatic rings. The van der Waals surface area contributed by atoms with Gasteiger partial charge in [-0.15, -0.1) is 0 Å². The van der Waals surface area contributed by atoms with Gasteiger partial charge in [0.2, 0.25) is 5.91 Å². The van der Waals surface area contributed by atoms with E-state index in [9.17, 15) is 4.79 Å². The number of aromatic nitrogens is 1. The molecule has 3 N–H and O–H groups in total. The van der Waals surface area contributed by atoms with E-state index in [2.05, 4.69) is 39.5 Å². The lowest BCUT2D eigenvalue weighted by molar-refractivity contribution is -0.118. The number of nitrogens with one attached hydrogen (secondary N) is 3. The van der Waals surface area contributed by atoms with Gasteiger partial charge in [0.05, 0.1) is 6.54 Å². The standard InChI is InChI=1S/C21H29N5O2/c1-13(24-14-10-15-6-4-7-16(11-14)26(15)3)17-8-5-9-18-20(17)25-21(28-18)23-12-19(27)22-2/h5,8-9,14-16,24H,1,4,6-7,10-12H2,2-3H3,(H,22,27)(H,23,25). The zero-order chi connectivity index (χ0) is 19.7. The smallest absolute Gasteiger partial charge is 0.296 e. The zero-order valence-corrected chi connectivity index (χ0v) is 16.6. The Kier molecular flexibility index (Phi) is 5.26. The maximum Gasteiger partial charge on any atom is 0.296 e. The number of amides is 1. The minimum absolute atomic E-state index is 0.121. The first-order chi connectivity index (χ1) is 13.5. The summed E-state index contributed by atoms with van der Waals surface area (Å²) < 4.78 is 5.74. The Morgan fingerprint density at radius 2 is 2.07 bits per heavy atom. The molecule has 1 amide bonds. The van der Waals surface area contributed by atoms with Crippen LogP contribution in [0.25, 0.3) is 16.8 Å². The normalized spacial score (nSPS) is 24.7. The van der Waals surface area contributed by atoms with Gasteiger partial charge in [0.1, 0.15) is 5.52 Å². The van der Waals surface area contributed by atoms with Gasteiger partial charge < -0.3 is 25.3 Å². The molecule has 2 aliphatic rings. The number of carbonyl (C=O) groups excluding carboxylic acids is 1. The van der Waals surface area contributed by atoms with Crippen LogP contribution in [-0.2, 0) is 4.79 Å². The number of hydrogen-bond acceptors (Lipinski definition) is 6. The molecule has 28 heavy (non-hydrogen) atoms. The van der Waals surface area contributed by atoms with Gasteiger partial charge in [0, 0.05) is 36.4 Å². The number of oxazole rings is 1. The molecular formula is C21H29N5O2. The predicted octanol–water partition coefficient (Wildman–Crippen LogP) is 2.56. The fourth-order valence-corrected chi connectivity index (χ4v) is 4.57. The molecule has 7 heteroatoms. The van der Waals surface area contributed by atoms with Crippen molar-refractivity contribution in [2.45, 2.75) is 50.2 Å². The first kappa shape index (κ1) is 18.8. The number of rotatable bonds is 6. The van der Waals surface area contributed by atoms with Crippen molar-refractivity contribution in [2.75, 3.05) is 26.0 Å². The van der Waals surface area contributed by atoms with Crippen LogP contribution in [0, 0.1) is 0 Å². The summed E-state index contributed by atoms with van der Waals surface area (Å²) in [4.78, 5) is 18.5. The van der Waals surface area contributed by atoms with Gasteiger partial charge in [-0.3, -0.25) is 4.79 Å². The van der Waals surface area contributed by atoms with Gasteiger partial charge in [-0.2, -0.15) is 4.98 Å². The van der Waals surface area contributed by atoms with E-state index in [1.807, 2.05) is 18.2 Å². The molecule has 2 fully saturated rings. The number of carbonyl (C=O) groups is 1. The Balaban J connectivity index is 1.48. The molecule has 150 valence electrons. The molecule has 4 rings (SSSR count). The number of hydrogen-bond donors (Lipinski definition) is 3. The third-order valence-corrected chi connectivity index (χ3v) is 6.14. The van der Waals surface area contributed by atoms with Crippen LogP contribution in [0.5, 0.6) is 0 Å². The molecule has 2 saturated heterocycles. The number of fused-ring (bicyclic) bond motifs is 3. The maximum atomic E-state index is 11.4. The zero-order valence-electron chi connectivity index (χ0n) is 16.6. The summed E-state index contributed by atoms with van der Waals surface area (Å²) in [5, 5.41) is 9.14. The molecule has 1 aromatic carbocycles. The van der Waals surface area contributed by atoms with Crippen molar-refractivity contribution in [3.63, 3.8) is 0 Å². The third-order valence-electron chi connectivity index (χ3n) is 6.14. The topological polar surface area (TPSA) is 82.4 Å². The van der Waals surface area contributed by atoms with Crippen LogP contribution in [-0.4, -0.2) is 54.6 Å². The second kappa shape index (κ2) is 7.83. The Morgan fingerprint density at radius 3 is 2.79 bits per heavy atom. The van der Waals surface area contributed by atoms with Gasteiger partial charge in [-0.05, 0) is 38.8 Å². The molecule has 1 aromatic heterocycles. The highest BCUT2D eigenvalue weighted by Gasteiger charge is 2.36. The number of benzene rings is 1. The van der Waals surface area contributed by atoms with Crippen molar-refractivity contribution in [2.24, 2.45) is 0 Å². The molecule has 2 aliphatic heterocycles. The van der Waals surface area contributed by atoms with Crippen LogP contribution in [0.3, 0.4) is 0 Å². The van der Waals surface area contributed by atoms with E-state index < -0.39 is 0 Å². The first-order valence-electron chi connectivity index (χ1n) is 10.1. The summed E-state index contributed by atoms with van der Waals surface area (Å²) >= 11 is 0. The highest BCUT2D eigenvalue weighted by atomic mass is 16.4. The Morgan fingerprint density at radius 1 is 1.32 bits per heavy atom. The fourth-order valence-electron chi connectivity index (χ4n) is 4.57. The molecule has 2 bridgehead atoms. The minimum Gasteiger partial charge on any atom is -0.424 e. The lowest BCUT2D eigenvalue weighted by Gasteiger charge is -2.47. The van der Waals surface area contributed by atoms with Crippen LogP contribution in [0.1, 0.15) is 37.7 Å². The molecule has 2 atom stereocenters. The van der Waals surface area contributed by atoms with Crippen LogP contribution in [0.2, 0.25) is 0 Å². The fraction of sp³-hybridized carbons (Fsp3) is 0.524. The van der Waals surface area contributed by atoms with E-state index in [1.54, 1.807) is 7.05 Å². The number of piperidine rings is 2. The average molecular weight is 383 g/mol. The molecule has 0 spiro atoms. The van der Waals surface area contributed by atoms with Gasteiger partial charge in [-0.1, -0.05) is 25.1 Å². The molecule has 0 aliphatic carbocycles. The third kappa shape index (κ3) is 3.71. The lowest BCUT2D eigenvalue weighted by Crippen LogP contribution is -2.54. The van der Waals surface area contributed by atoms with Gasteiger partial charge in [0.25, 0.3) is 6.01 Å². The van der Waals surface area contributed by atoms with Crippen LogP contribution >= 0.6 is 0 Å². The minimum atomic E-state index is -0.124. The molecule has 3 heterocycles. The van der Waals surface area contributed by atoms with E-state index in [1.165, 1.54) is 19.3 Å². The second-order valence-electron chi connectivity index (χ2n) is 7.89. The summed E-state index contributed by atoms with van der Waals surface area (Å²) in [5.41, 5.74) is 3.26. The molecule has 7 nitrogen and oxygen atoms in total. The monoisotopic (exact) mass is 383 g/mol. The van der Waals surface area contributed by atoms with Crippen molar-refractivity contribution in [3.05, 3.63) is 30.3 Å². The molecular weight excluding hydrogens is 354 g/mol. The van der Waals surface area contributed by atoms with Crippen LogP contribution in [0.4, 0.5) is 6.01 Å². The van der Waals surface area contributed by atoms with Crippen molar-refractivity contribution in [1.82, 2.24) is 20.5 Å². The largest absolute Gasteiger partial charge is 0.424 e. The van der Waals surface area contributed by atoms with Crippen LogP contribution < -0.4 is 16.0 Å². The van der Waals surface area contributed by atoms with Crippen molar-refractivity contribution in [3.8, 4) is 0 Å². The van der Waals surface area contributed by atoms with Crippen molar-refractivity contribution < 1.29 is 9.21 Å². The summed E-state index contributed by atoms with van der Waals surface area (Å²) in [5.74, 6) is -0.124. The summed E-state index contributed by atoms with van der Waals surface area (Å²) in [6.07, 6.45) is 6.23. The SMILES string of the molecule is C=C(NC1CC2CCCC(C1)N2C)c1cccc2oc(NCC(=O)NC)nc12. The van der Waals surface area contributed by atoms with E-state index >= 15 is 0 Å². The molecule has 2 unspecified atom stereocenters. The number of para-hydroxylation sites is 1. The highest BCUT2D eigenvalue weighted by Crippen LogP contribution is 2.34. The number of nitrogens with zero attached hydrogens (tertiary/aromatic N) is 2. The van der Waals surface area contributed by atoms with Gasteiger partial charge in [-0.25, -0.2) is 0 Å². The van der Waals surface area contributed by atoms with Gasteiger partial charge in [0.15, 0.2) is 5.58 Å². The average Bonchev–Trinajstić information content (AvgIpc) is 3.09. The molecule has 0 saturated carbocycles. The quantitative estimate of drug-likeness (QED) is 0.711. The van der Waals surface area contributed by atoms with Crippen molar-refractivity contribution in [1.29, 1.82) is 0 Å². The van der Waals surface area contributed by atoms with E-state index in [0.29, 0.717) is 29.7 Å². The van der Waals surface area contributed by atoms with E-state index in [-0.39, 0.29) is 12.5 Å². The second-order valence-corrected chi connectivity index (χ2v) is 7.89. The molecule has 0 radical (unpaired) electrons. The predicted molar refractivity (Wildman–Crippen MR) is 111 cm³/mol. The summed E-state index contributed by atoms with van der Waals surface area (Å²) in [7, 11) is 3.87. The Labute approximate surface area is 165 Å². The highest BCUT2D eigenvalue weighted by molar-refractivity contribution is 5.88. The number of likely N-dealkylation sites (N-methyl/N-ethyl adjacent to an activating group) is 1. The summed E-state index contributed by atoms with van der Waals surface area (Å²) in [6.45, 7) is 4.41. The Bertz CT molecular complexity index is 863. The Hall–Kier alpha value is -2.54. The first-order valence-corrected chi connectivity index (χ1v) is 10.1. The van der Waals surface area contributed by atoms with Gasteiger partial charge >= 0.3 is 0 Å². The maximum absolute atomic E-state index is 11.4. The van der Waals surface area contributed by atoms with E-state index in [0.717, 1.165) is 29.6 Å².